The molecular formula is C57H35N5. The third-order valence-electron chi connectivity index (χ3n) is 12.5. The number of benzene rings is 10. The summed E-state index contributed by atoms with van der Waals surface area (Å²) in [4.78, 5) is 16.2. The van der Waals surface area contributed by atoms with Gasteiger partial charge in [-0.3, -0.25) is 0 Å². The Bertz CT molecular complexity index is 3930. The van der Waals surface area contributed by atoms with Gasteiger partial charge < -0.3 is 9.13 Å². The summed E-state index contributed by atoms with van der Waals surface area (Å²) in [5, 5.41) is 11.7. The number of nitrogens with zero attached hydrogens (tertiary/aromatic N) is 5. The predicted octanol–water partition coefficient (Wildman–Crippen LogP) is 14.5. The molecule has 0 amide bonds. The van der Waals surface area contributed by atoms with Crippen LogP contribution in [0.5, 0.6) is 0 Å². The zero-order valence-electron chi connectivity index (χ0n) is 33.4. The van der Waals surface area contributed by atoms with Gasteiger partial charge in [0.1, 0.15) is 0 Å². The highest BCUT2D eigenvalue weighted by Gasteiger charge is 2.23. The van der Waals surface area contributed by atoms with Crippen LogP contribution < -0.4 is 0 Å². The van der Waals surface area contributed by atoms with Gasteiger partial charge in [0, 0.05) is 49.3 Å². The van der Waals surface area contributed by atoms with Crippen LogP contribution in [0, 0.1) is 0 Å². The molecule has 0 unspecified atom stereocenters. The van der Waals surface area contributed by atoms with Crippen molar-refractivity contribution in [3.8, 4) is 45.5 Å². The molecule has 10 aromatic carbocycles. The maximum absolute atomic E-state index is 5.46. The van der Waals surface area contributed by atoms with E-state index in [9.17, 15) is 0 Å². The highest BCUT2D eigenvalue weighted by atomic mass is 15.1. The van der Waals surface area contributed by atoms with Crippen molar-refractivity contribution in [3.05, 3.63) is 212 Å². The van der Waals surface area contributed by atoms with Gasteiger partial charge in [-0.25, -0.2) is 15.0 Å². The van der Waals surface area contributed by atoms with Gasteiger partial charge >= 0.3 is 0 Å². The van der Waals surface area contributed by atoms with Gasteiger partial charge in [0.15, 0.2) is 17.5 Å². The molecule has 0 N–H and O–H groups in total. The molecule has 0 saturated carbocycles. The Balaban J connectivity index is 1.11. The van der Waals surface area contributed by atoms with Gasteiger partial charge in [0.2, 0.25) is 0 Å². The lowest BCUT2D eigenvalue weighted by molar-refractivity contribution is 1.07. The third-order valence-corrected chi connectivity index (χ3v) is 12.5. The lowest BCUT2D eigenvalue weighted by Crippen LogP contribution is -2.04. The van der Waals surface area contributed by atoms with Gasteiger partial charge in [0.05, 0.1) is 27.8 Å². The molecule has 0 radical (unpaired) electrons. The van der Waals surface area contributed by atoms with Crippen LogP contribution in [0.2, 0.25) is 0 Å². The lowest BCUT2D eigenvalue weighted by atomic mass is 10.0. The fraction of sp³-hybridized carbons (Fsp3) is 0. The average molecular weight is 790 g/mol. The summed E-state index contributed by atoms with van der Waals surface area (Å²) in [5.41, 5.74) is 9.46. The number of hydrogen-bond acceptors (Lipinski definition) is 3. The van der Waals surface area contributed by atoms with Crippen LogP contribution in [-0.4, -0.2) is 24.1 Å². The van der Waals surface area contributed by atoms with E-state index >= 15 is 0 Å². The molecule has 0 spiro atoms. The molecule has 5 nitrogen and oxygen atoms in total. The van der Waals surface area contributed by atoms with E-state index < -0.39 is 0 Å². The van der Waals surface area contributed by atoms with E-state index in [1.807, 2.05) is 0 Å². The second-order valence-electron chi connectivity index (χ2n) is 16.0. The normalized spacial score (nSPS) is 11.9. The van der Waals surface area contributed by atoms with E-state index in [1.54, 1.807) is 0 Å². The Labute approximate surface area is 356 Å². The number of rotatable bonds is 5. The summed E-state index contributed by atoms with van der Waals surface area (Å²) in [6, 6.07) is 75.7. The summed E-state index contributed by atoms with van der Waals surface area (Å²) in [5.74, 6) is 1.84. The fourth-order valence-electron chi connectivity index (χ4n) is 9.62. The summed E-state index contributed by atoms with van der Waals surface area (Å²) >= 11 is 0. The van der Waals surface area contributed by atoms with Crippen LogP contribution in [0.4, 0.5) is 0 Å². The molecule has 288 valence electrons. The minimum atomic E-state index is 0.609. The summed E-state index contributed by atoms with van der Waals surface area (Å²) in [6.07, 6.45) is 0. The molecule has 0 fully saturated rings. The molecule has 0 aliphatic rings. The molecule has 3 heterocycles. The van der Waals surface area contributed by atoms with Gasteiger partial charge in [-0.2, -0.15) is 0 Å². The number of hydrogen-bond donors (Lipinski definition) is 0. The first-order valence-electron chi connectivity index (χ1n) is 21.0. The van der Waals surface area contributed by atoms with Crippen LogP contribution in [0.15, 0.2) is 212 Å². The Morgan fingerprint density at radius 2 is 0.774 bits per heavy atom. The van der Waals surface area contributed by atoms with Crippen LogP contribution in [0.1, 0.15) is 0 Å². The second kappa shape index (κ2) is 13.6. The first kappa shape index (κ1) is 34.5. The van der Waals surface area contributed by atoms with E-state index in [0.717, 1.165) is 71.7 Å². The Morgan fingerprint density at radius 1 is 0.274 bits per heavy atom. The third kappa shape index (κ3) is 5.32. The van der Waals surface area contributed by atoms with Crippen LogP contribution >= 0.6 is 0 Å². The standard InChI is InChI=1S/C57H35N5/c1-2-19-43(20-3-1)61-50-24-12-10-22-45(50)48-34-42(29-31-52(48)61)56-58-55(41-27-26-36-14-4-5-16-38(36)32-41)59-57(60-56)47-30-28-37-15-8-9-21-44(37)54(47)62-51-25-13-11-23-46(51)49-33-39-17-6-7-18-40(39)35-53(49)62/h1-35H. The first-order valence-corrected chi connectivity index (χ1v) is 21.0. The molecule has 0 saturated heterocycles. The smallest absolute Gasteiger partial charge is 0.166 e. The van der Waals surface area contributed by atoms with E-state index in [1.165, 1.54) is 32.3 Å². The molecule has 0 bridgehead atoms. The fourth-order valence-corrected chi connectivity index (χ4v) is 9.62. The van der Waals surface area contributed by atoms with Crippen molar-refractivity contribution >= 4 is 75.9 Å². The summed E-state index contributed by atoms with van der Waals surface area (Å²) in [6.45, 7) is 0. The van der Waals surface area contributed by atoms with E-state index in [-0.39, 0.29) is 0 Å². The lowest BCUT2D eigenvalue weighted by Gasteiger charge is -2.17. The highest BCUT2D eigenvalue weighted by Crippen LogP contribution is 2.42. The number of para-hydroxylation sites is 3. The molecular weight excluding hydrogens is 755 g/mol. The average Bonchev–Trinajstić information content (AvgIpc) is 3.84. The van der Waals surface area contributed by atoms with Gasteiger partial charge in [-0.05, 0) is 93.7 Å². The number of aromatic nitrogens is 5. The van der Waals surface area contributed by atoms with Gasteiger partial charge in [-0.15, -0.1) is 0 Å². The molecule has 0 aliphatic carbocycles. The minimum Gasteiger partial charge on any atom is -0.309 e. The van der Waals surface area contributed by atoms with Crippen molar-refractivity contribution in [2.45, 2.75) is 0 Å². The Hall–Kier alpha value is -8.41. The Kier molecular flexibility index (Phi) is 7.54. The van der Waals surface area contributed by atoms with Crippen molar-refractivity contribution in [3.63, 3.8) is 0 Å². The van der Waals surface area contributed by atoms with Crippen molar-refractivity contribution in [1.82, 2.24) is 24.1 Å². The van der Waals surface area contributed by atoms with E-state index in [0.29, 0.717) is 17.5 Å². The van der Waals surface area contributed by atoms with Crippen molar-refractivity contribution in [2.24, 2.45) is 0 Å². The van der Waals surface area contributed by atoms with Crippen LogP contribution in [0.25, 0.3) is 121 Å². The topological polar surface area (TPSA) is 48.5 Å². The van der Waals surface area contributed by atoms with Gasteiger partial charge in [0.25, 0.3) is 0 Å². The molecule has 3 aromatic heterocycles. The zero-order valence-corrected chi connectivity index (χ0v) is 33.4. The number of fused-ring (bicyclic) bond motifs is 9. The predicted molar refractivity (Wildman–Crippen MR) is 257 cm³/mol. The second-order valence-corrected chi connectivity index (χ2v) is 16.0. The van der Waals surface area contributed by atoms with E-state index in [2.05, 4.69) is 221 Å². The summed E-state index contributed by atoms with van der Waals surface area (Å²) in [7, 11) is 0. The minimum absolute atomic E-state index is 0.609. The van der Waals surface area contributed by atoms with Crippen molar-refractivity contribution in [2.75, 3.05) is 0 Å². The zero-order chi connectivity index (χ0) is 40.7. The quantitative estimate of drug-likeness (QED) is 0.174. The molecule has 62 heavy (non-hydrogen) atoms. The largest absolute Gasteiger partial charge is 0.309 e. The first-order chi connectivity index (χ1) is 30.7. The van der Waals surface area contributed by atoms with Crippen molar-refractivity contribution in [1.29, 1.82) is 0 Å². The molecule has 0 aliphatic heterocycles. The summed E-state index contributed by atoms with van der Waals surface area (Å²) < 4.78 is 4.77. The van der Waals surface area contributed by atoms with Crippen LogP contribution in [-0.2, 0) is 0 Å². The monoisotopic (exact) mass is 789 g/mol. The molecule has 5 heteroatoms. The molecule has 0 atom stereocenters. The molecule has 13 aromatic rings. The molecule has 13 rings (SSSR count). The Morgan fingerprint density at radius 3 is 1.52 bits per heavy atom. The van der Waals surface area contributed by atoms with Gasteiger partial charge in [-0.1, -0.05) is 146 Å². The maximum Gasteiger partial charge on any atom is 0.166 e. The van der Waals surface area contributed by atoms with Crippen LogP contribution in [0.3, 0.4) is 0 Å². The van der Waals surface area contributed by atoms with Crippen molar-refractivity contribution < 1.29 is 0 Å². The SMILES string of the molecule is c1ccc(-n2c3ccccc3c3cc(-c4nc(-c5ccc6ccccc6c5)nc(-c5ccc6ccccc6c5-n5c6ccccc6c6cc7ccccc7cc65)n4)ccc32)cc1. The van der Waals surface area contributed by atoms with E-state index in [4.69, 9.17) is 15.0 Å². The highest BCUT2D eigenvalue weighted by molar-refractivity contribution is 6.15. The maximum atomic E-state index is 5.46.